The van der Waals surface area contributed by atoms with Crippen LogP contribution >= 0.6 is 12.4 Å². The van der Waals surface area contributed by atoms with Gasteiger partial charge in [0, 0.05) is 12.6 Å². The summed E-state index contributed by atoms with van der Waals surface area (Å²) in [5, 5.41) is 3.10. The van der Waals surface area contributed by atoms with Crippen LogP contribution in [0.4, 0.5) is 0 Å². The van der Waals surface area contributed by atoms with Gasteiger partial charge >= 0.3 is 0 Å². The highest BCUT2D eigenvalue weighted by Gasteiger charge is 2.21. The third kappa shape index (κ3) is 6.57. The van der Waals surface area contributed by atoms with Crippen molar-refractivity contribution in [2.45, 2.75) is 45.6 Å². The predicted octanol–water partition coefficient (Wildman–Crippen LogP) is 1.38. The number of amides is 1. The molecule has 1 rings (SSSR count). The van der Waals surface area contributed by atoms with Crippen LogP contribution in [0.25, 0.3) is 0 Å². The van der Waals surface area contributed by atoms with Crippen molar-refractivity contribution in [1.82, 2.24) is 10.2 Å². The van der Waals surface area contributed by atoms with E-state index in [1.54, 1.807) is 0 Å². The minimum atomic E-state index is 0. The molecule has 1 aliphatic rings. The first-order valence-corrected chi connectivity index (χ1v) is 6.61. The van der Waals surface area contributed by atoms with Gasteiger partial charge in [0.2, 0.25) is 5.91 Å². The molecule has 0 heterocycles. The van der Waals surface area contributed by atoms with Crippen molar-refractivity contribution in [3.63, 3.8) is 0 Å². The van der Waals surface area contributed by atoms with Gasteiger partial charge in [-0.3, -0.25) is 9.69 Å². The number of nitrogens with one attached hydrogen (secondary N) is 1. The van der Waals surface area contributed by atoms with Crippen molar-refractivity contribution in [3.05, 3.63) is 0 Å². The number of hydrogen-bond donors (Lipinski definition) is 2. The fraction of sp³-hybridized carbons (Fsp3) is 0.923. The van der Waals surface area contributed by atoms with E-state index in [4.69, 9.17) is 5.73 Å². The van der Waals surface area contributed by atoms with Crippen LogP contribution in [0.15, 0.2) is 0 Å². The summed E-state index contributed by atoms with van der Waals surface area (Å²) in [6.07, 6.45) is 4.79. The molecule has 0 spiro atoms. The van der Waals surface area contributed by atoms with E-state index in [1.165, 1.54) is 12.8 Å². The lowest BCUT2D eigenvalue weighted by Gasteiger charge is -2.28. The highest BCUT2D eigenvalue weighted by atomic mass is 35.5. The van der Waals surface area contributed by atoms with Crippen molar-refractivity contribution in [3.8, 4) is 0 Å². The van der Waals surface area contributed by atoms with E-state index in [0.717, 1.165) is 19.4 Å². The average Bonchev–Trinajstić information content (AvgIpc) is 2.69. The van der Waals surface area contributed by atoms with Gasteiger partial charge in [-0.05, 0) is 31.8 Å². The van der Waals surface area contributed by atoms with E-state index in [1.807, 2.05) is 7.05 Å². The Morgan fingerprint density at radius 1 is 1.39 bits per heavy atom. The van der Waals surface area contributed by atoms with Gasteiger partial charge in [0.15, 0.2) is 0 Å². The van der Waals surface area contributed by atoms with Crippen molar-refractivity contribution >= 4 is 18.3 Å². The Labute approximate surface area is 117 Å². The second-order valence-corrected chi connectivity index (χ2v) is 6.09. The second kappa shape index (κ2) is 7.97. The molecule has 1 fully saturated rings. The third-order valence-electron chi connectivity index (χ3n) is 3.38. The Kier molecular flexibility index (Phi) is 7.83. The standard InChI is InChI=1S/C13H27N3O.ClH/c1-13(2,9-14)10-16(3)8-12(17)15-11-6-4-5-7-11;/h11H,4-10,14H2,1-3H3,(H,15,17);1H. The van der Waals surface area contributed by atoms with Crippen LogP contribution in [0.2, 0.25) is 0 Å². The van der Waals surface area contributed by atoms with Gasteiger partial charge in [-0.1, -0.05) is 26.7 Å². The van der Waals surface area contributed by atoms with Gasteiger partial charge in [-0.15, -0.1) is 12.4 Å². The lowest BCUT2D eigenvalue weighted by Crippen LogP contribution is -2.43. The number of likely N-dealkylation sites (N-methyl/N-ethyl adjacent to an activating group) is 1. The molecule has 5 heteroatoms. The Balaban J connectivity index is 0.00000289. The summed E-state index contributed by atoms with van der Waals surface area (Å²) in [4.78, 5) is 13.9. The Hall–Kier alpha value is -0.320. The molecule has 18 heavy (non-hydrogen) atoms. The number of carbonyl (C=O) groups is 1. The van der Waals surface area contributed by atoms with Gasteiger partial charge in [0.05, 0.1) is 6.54 Å². The third-order valence-corrected chi connectivity index (χ3v) is 3.38. The molecular weight excluding hydrogens is 250 g/mol. The Morgan fingerprint density at radius 3 is 2.44 bits per heavy atom. The quantitative estimate of drug-likeness (QED) is 0.771. The zero-order valence-electron chi connectivity index (χ0n) is 11.9. The van der Waals surface area contributed by atoms with Crippen molar-refractivity contribution in [2.75, 3.05) is 26.7 Å². The van der Waals surface area contributed by atoms with Gasteiger partial charge in [-0.2, -0.15) is 0 Å². The molecule has 1 amide bonds. The fourth-order valence-electron chi connectivity index (χ4n) is 2.44. The minimum absolute atomic E-state index is 0. The molecule has 3 N–H and O–H groups in total. The van der Waals surface area contributed by atoms with E-state index in [-0.39, 0.29) is 23.7 Å². The molecule has 1 aliphatic carbocycles. The van der Waals surface area contributed by atoms with Crippen LogP contribution in [-0.2, 0) is 4.79 Å². The molecular formula is C13H28ClN3O. The maximum atomic E-state index is 11.8. The maximum absolute atomic E-state index is 11.8. The molecule has 0 unspecified atom stereocenters. The van der Waals surface area contributed by atoms with E-state index < -0.39 is 0 Å². The first-order valence-electron chi connectivity index (χ1n) is 6.61. The smallest absolute Gasteiger partial charge is 0.234 e. The molecule has 0 radical (unpaired) electrons. The van der Waals surface area contributed by atoms with Gasteiger partial charge < -0.3 is 11.1 Å². The first-order chi connectivity index (χ1) is 7.93. The predicted molar refractivity (Wildman–Crippen MR) is 78.0 cm³/mol. The fourth-order valence-corrected chi connectivity index (χ4v) is 2.44. The number of nitrogens with two attached hydrogens (primary N) is 1. The topological polar surface area (TPSA) is 58.4 Å². The summed E-state index contributed by atoms with van der Waals surface area (Å²) in [6, 6.07) is 0.415. The van der Waals surface area contributed by atoms with Gasteiger partial charge in [0.1, 0.15) is 0 Å². The Morgan fingerprint density at radius 2 is 1.94 bits per heavy atom. The van der Waals surface area contributed by atoms with Crippen molar-refractivity contribution < 1.29 is 4.79 Å². The van der Waals surface area contributed by atoms with Gasteiger partial charge in [0.25, 0.3) is 0 Å². The summed E-state index contributed by atoms with van der Waals surface area (Å²) in [7, 11) is 1.98. The first kappa shape index (κ1) is 17.7. The highest BCUT2D eigenvalue weighted by Crippen LogP contribution is 2.17. The molecule has 0 aliphatic heterocycles. The average molecular weight is 278 g/mol. The van der Waals surface area contributed by atoms with Crippen LogP contribution in [0.1, 0.15) is 39.5 Å². The molecule has 0 atom stereocenters. The lowest BCUT2D eigenvalue weighted by atomic mass is 9.93. The van der Waals surface area contributed by atoms with E-state index in [9.17, 15) is 4.79 Å². The van der Waals surface area contributed by atoms with Crippen LogP contribution in [-0.4, -0.2) is 43.5 Å². The second-order valence-electron chi connectivity index (χ2n) is 6.09. The van der Waals surface area contributed by atoms with E-state index in [2.05, 4.69) is 24.1 Å². The van der Waals surface area contributed by atoms with Gasteiger partial charge in [-0.25, -0.2) is 0 Å². The molecule has 1 saturated carbocycles. The van der Waals surface area contributed by atoms with Crippen LogP contribution in [0.5, 0.6) is 0 Å². The molecule has 108 valence electrons. The lowest BCUT2D eigenvalue weighted by molar-refractivity contribution is -0.122. The number of rotatable bonds is 6. The molecule has 0 aromatic rings. The van der Waals surface area contributed by atoms with Crippen molar-refractivity contribution in [2.24, 2.45) is 11.1 Å². The summed E-state index contributed by atoms with van der Waals surface area (Å²) in [5.74, 6) is 0.146. The summed E-state index contributed by atoms with van der Waals surface area (Å²) < 4.78 is 0. The number of hydrogen-bond acceptors (Lipinski definition) is 3. The molecule has 4 nitrogen and oxygen atoms in total. The summed E-state index contributed by atoms with van der Waals surface area (Å²) in [5.41, 5.74) is 5.76. The zero-order valence-corrected chi connectivity index (χ0v) is 12.7. The SMILES string of the molecule is CN(CC(=O)NC1CCCC1)CC(C)(C)CN.Cl. The molecule has 0 aromatic heterocycles. The largest absolute Gasteiger partial charge is 0.352 e. The summed E-state index contributed by atoms with van der Waals surface area (Å²) in [6.45, 7) is 6.21. The Bertz CT molecular complexity index is 253. The van der Waals surface area contributed by atoms with Crippen molar-refractivity contribution in [1.29, 1.82) is 0 Å². The number of halogens is 1. The molecule has 0 saturated heterocycles. The van der Waals surface area contributed by atoms with E-state index >= 15 is 0 Å². The minimum Gasteiger partial charge on any atom is -0.352 e. The van der Waals surface area contributed by atoms with Crippen LogP contribution < -0.4 is 11.1 Å². The summed E-state index contributed by atoms with van der Waals surface area (Å²) >= 11 is 0. The normalized spacial score (nSPS) is 16.7. The van der Waals surface area contributed by atoms with Crippen LogP contribution in [0.3, 0.4) is 0 Å². The highest BCUT2D eigenvalue weighted by molar-refractivity contribution is 5.85. The number of carbonyl (C=O) groups excluding carboxylic acids is 1. The monoisotopic (exact) mass is 277 g/mol. The molecule has 0 aromatic carbocycles. The maximum Gasteiger partial charge on any atom is 0.234 e. The zero-order chi connectivity index (χ0) is 12.9. The van der Waals surface area contributed by atoms with E-state index in [0.29, 0.717) is 19.1 Å². The molecule has 0 bridgehead atoms. The van der Waals surface area contributed by atoms with Crippen LogP contribution in [0, 0.1) is 5.41 Å². The number of nitrogens with zero attached hydrogens (tertiary/aromatic N) is 1.